The summed E-state index contributed by atoms with van der Waals surface area (Å²) in [5.74, 6) is 2.28. The molecule has 0 saturated carbocycles. The second kappa shape index (κ2) is 4.39. The first-order valence-corrected chi connectivity index (χ1v) is 3.93. The van der Waals surface area contributed by atoms with Crippen LogP contribution in [0.4, 0.5) is 6.01 Å². The van der Waals surface area contributed by atoms with E-state index >= 15 is 0 Å². The van der Waals surface area contributed by atoms with E-state index in [0.29, 0.717) is 5.82 Å². The monoisotopic (exact) mass is 194 g/mol. The van der Waals surface area contributed by atoms with Crippen LogP contribution in [0.25, 0.3) is 0 Å². The number of nitrogens with zero attached hydrogens (tertiary/aromatic N) is 2. The van der Waals surface area contributed by atoms with Crippen LogP contribution in [0.2, 0.25) is 0 Å². The smallest absolute Gasteiger partial charge is 0.319 e. The quantitative estimate of drug-likeness (QED) is 0.642. The summed E-state index contributed by atoms with van der Waals surface area (Å²) in [6, 6.07) is -0.729. The van der Waals surface area contributed by atoms with E-state index in [2.05, 4.69) is 25.9 Å². The van der Waals surface area contributed by atoms with Crippen LogP contribution in [0.1, 0.15) is 12.2 Å². The van der Waals surface area contributed by atoms with Crippen molar-refractivity contribution in [2.24, 2.45) is 5.73 Å². The largest absolute Gasteiger partial charge is 0.328 e. The standard InChI is InChI=1S/C8H10N4O2/c1-3-4-6(9)7(13)11-8-10-5(2)12-14-8/h1,6H,4,9H2,2H3,(H,10,11,12,13). The summed E-state index contributed by atoms with van der Waals surface area (Å²) >= 11 is 0. The predicted molar refractivity (Wildman–Crippen MR) is 49.1 cm³/mol. The topological polar surface area (TPSA) is 94.0 Å². The van der Waals surface area contributed by atoms with Gasteiger partial charge in [-0.25, -0.2) is 0 Å². The lowest BCUT2D eigenvalue weighted by atomic mass is 10.2. The molecule has 1 aromatic heterocycles. The lowest BCUT2D eigenvalue weighted by Crippen LogP contribution is -2.35. The van der Waals surface area contributed by atoms with Gasteiger partial charge in [-0.1, -0.05) is 5.16 Å². The number of hydrogen-bond acceptors (Lipinski definition) is 5. The molecule has 0 aliphatic heterocycles. The van der Waals surface area contributed by atoms with Gasteiger partial charge in [-0.15, -0.1) is 12.3 Å². The zero-order valence-electron chi connectivity index (χ0n) is 7.65. The normalized spacial score (nSPS) is 11.8. The highest BCUT2D eigenvalue weighted by molar-refractivity contribution is 5.93. The first-order valence-electron chi connectivity index (χ1n) is 3.93. The number of nitrogens with one attached hydrogen (secondary N) is 1. The van der Waals surface area contributed by atoms with Crippen LogP contribution in [-0.4, -0.2) is 22.1 Å². The Bertz CT molecular complexity index is 366. The predicted octanol–water partition coefficient (Wildman–Crippen LogP) is -0.333. The van der Waals surface area contributed by atoms with Crippen LogP contribution in [0.3, 0.4) is 0 Å². The van der Waals surface area contributed by atoms with Crippen LogP contribution < -0.4 is 11.1 Å². The average molecular weight is 194 g/mol. The van der Waals surface area contributed by atoms with E-state index in [4.69, 9.17) is 12.2 Å². The maximum Gasteiger partial charge on any atom is 0.328 e. The van der Waals surface area contributed by atoms with Gasteiger partial charge in [0.25, 0.3) is 0 Å². The van der Waals surface area contributed by atoms with E-state index in [-0.39, 0.29) is 12.4 Å². The molecule has 1 aromatic rings. The van der Waals surface area contributed by atoms with Gasteiger partial charge in [-0.2, -0.15) is 4.98 Å². The number of anilines is 1. The second-order valence-electron chi connectivity index (χ2n) is 2.65. The fourth-order valence-electron chi connectivity index (χ4n) is 0.766. The number of amides is 1. The molecule has 14 heavy (non-hydrogen) atoms. The van der Waals surface area contributed by atoms with Crippen LogP contribution in [-0.2, 0) is 4.79 Å². The second-order valence-corrected chi connectivity index (χ2v) is 2.65. The number of rotatable bonds is 3. The van der Waals surface area contributed by atoms with Crippen molar-refractivity contribution < 1.29 is 9.32 Å². The molecule has 6 nitrogen and oxygen atoms in total. The molecule has 3 N–H and O–H groups in total. The van der Waals surface area contributed by atoms with Crippen molar-refractivity contribution in [2.75, 3.05) is 5.32 Å². The number of aromatic nitrogens is 2. The Morgan fingerprint density at radius 3 is 3.07 bits per heavy atom. The van der Waals surface area contributed by atoms with Gasteiger partial charge in [-0.05, 0) is 6.92 Å². The maximum atomic E-state index is 11.3. The van der Waals surface area contributed by atoms with E-state index in [9.17, 15) is 4.79 Å². The SMILES string of the molecule is C#CCC(N)C(=O)Nc1nc(C)no1. The number of terminal acetylenes is 1. The molecule has 0 bridgehead atoms. The Hall–Kier alpha value is -1.87. The molecule has 1 atom stereocenters. The van der Waals surface area contributed by atoms with Crippen molar-refractivity contribution in [3.05, 3.63) is 5.82 Å². The lowest BCUT2D eigenvalue weighted by molar-refractivity contribution is -0.117. The van der Waals surface area contributed by atoms with Crippen LogP contribution in [0.15, 0.2) is 4.52 Å². The fourth-order valence-corrected chi connectivity index (χ4v) is 0.766. The van der Waals surface area contributed by atoms with Crippen molar-refractivity contribution in [1.29, 1.82) is 0 Å². The summed E-state index contributed by atoms with van der Waals surface area (Å²) in [5, 5.41) is 5.84. The summed E-state index contributed by atoms with van der Waals surface area (Å²) in [6.07, 6.45) is 5.17. The van der Waals surface area contributed by atoms with Crippen molar-refractivity contribution in [1.82, 2.24) is 10.1 Å². The summed E-state index contributed by atoms with van der Waals surface area (Å²) in [5.41, 5.74) is 5.44. The van der Waals surface area contributed by atoms with Crippen molar-refractivity contribution in [2.45, 2.75) is 19.4 Å². The van der Waals surface area contributed by atoms with Gasteiger partial charge in [0.05, 0.1) is 6.04 Å². The van der Waals surface area contributed by atoms with E-state index in [0.717, 1.165) is 0 Å². The molecule has 0 spiro atoms. The number of nitrogens with two attached hydrogens (primary N) is 1. The van der Waals surface area contributed by atoms with Gasteiger partial charge < -0.3 is 10.3 Å². The molecule has 0 aliphatic carbocycles. The summed E-state index contributed by atoms with van der Waals surface area (Å²) in [6.45, 7) is 1.64. The van der Waals surface area contributed by atoms with Gasteiger partial charge in [0.15, 0.2) is 5.82 Å². The maximum absolute atomic E-state index is 11.3. The molecular formula is C8H10N4O2. The molecule has 0 fully saturated rings. The molecule has 1 amide bonds. The lowest BCUT2D eigenvalue weighted by Gasteiger charge is -2.05. The molecule has 0 aliphatic rings. The van der Waals surface area contributed by atoms with Crippen LogP contribution in [0.5, 0.6) is 0 Å². The van der Waals surface area contributed by atoms with E-state index in [1.165, 1.54) is 0 Å². The molecule has 0 saturated heterocycles. The molecule has 1 unspecified atom stereocenters. The van der Waals surface area contributed by atoms with Gasteiger partial charge >= 0.3 is 6.01 Å². The number of hydrogen-bond donors (Lipinski definition) is 2. The molecule has 0 aromatic carbocycles. The third kappa shape index (κ3) is 2.57. The molecule has 0 radical (unpaired) electrons. The van der Waals surface area contributed by atoms with Crippen molar-refractivity contribution >= 4 is 11.9 Å². The summed E-state index contributed by atoms with van der Waals surface area (Å²) in [4.78, 5) is 15.0. The molecule has 1 heterocycles. The first-order chi connectivity index (χ1) is 6.63. The Labute approximate surface area is 80.9 Å². The Morgan fingerprint density at radius 2 is 2.57 bits per heavy atom. The van der Waals surface area contributed by atoms with Gasteiger partial charge in [0.1, 0.15) is 0 Å². The van der Waals surface area contributed by atoms with Gasteiger partial charge in [0, 0.05) is 6.42 Å². The Morgan fingerprint density at radius 1 is 1.86 bits per heavy atom. The van der Waals surface area contributed by atoms with Crippen LogP contribution in [0, 0.1) is 19.3 Å². The zero-order chi connectivity index (χ0) is 10.6. The number of carbonyl (C=O) groups is 1. The molecule has 74 valence electrons. The summed E-state index contributed by atoms with van der Waals surface area (Å²) < 4.78 is 4.66. The minimum Gasteiger partial charge on any atom is -0.319 e. The number of aryl methyl sites for hydroxylation is 1. The molecular weight excluding hydrogens is 184 g/mol. The van der Waals surface area contributed by atoms with E-state index in [1.54, 1.807) is 6.92 Å². The van der Waals surface area contributed by atoms with Gasteiger partial charge in [0.2, 0.25) is 5.91 Å². The minimum absolute atomic E-state index is 0.0278. The zero-order valence-corrected chi connectivity index (χ0v) is 7.65. The third-order valence-electron chi connectivity index (χ3n) is 1.43. The van der Waals surface area contributed by atoms with Crippen LogP contribution >= 0.6 is 0 Å². The first kappa shape index (κ1) is 10.2. The molecule has 6 heteroatoms. The fraction of sp³-hybridized carbons (Fsp3) is 0.375. The van der Waals surface area contributed by atoms with Gasteiger partial charge in [-0.3, -0.25) is 10.1 Å². The Kier molecular flexibility index (Phi) is 3.20. The van der Waals surface area contributed by atoms with E-state index in [1.807, 2.05) is 0 Å². The summed E-state index contributed by atoms with van der Waals surface area (Å²) in [7, 11) is 0. The average Bonchev–Trinajstić information content (AvgIpc) is 2.51. The van der Waals surface area contributed by atoms with Crippen molar-refractivity contribution in [3.8, 4) is 12.3 Å². The Balaban J connectivity index is 2.53. The highest BCUT2D eigenvalue weighted by atomic mass is 16.5. The minimum atomic E-state index is -0.757. The van der Waals surface area contributed by atoms with E-state index < -0.39 is 11.9 Å². The third-order valence-corrected chi connectivity index (χ3v) is 1.43. The number of carbonyl (C=O) groups excluding carboxylic acids is 1. The van der Waals surface area contributed by atoms with Crippen molar-refractivity contribution in [3.63, 3.8) is 0 Å². The highest BCUT2D eigenvalue weighted by Gasteiger charge is 2.14. The molecule has 1 rings (SSSR count). The highest BCUT2D eigenvalue weighted by Crippen LogP contribution is 2.02.